The maximum absolute atomic E-state index is 5.24. The van der Waals surface area contributed by atoms with Crippen molar-refractivity contribution >= 4 is 0 Å². The minimum Gasteiger partial charge on any atom is -0.497 e. The molecule has 84 valence electrons. The molecule has 0 amide bonds. The molecule has 1 aromatic carbocycles. The quantitative estimate of drug-likeness (QED) is 0.574. The smallest absolute Gasteiger partial charge is 0.127 e. The number of rotatable bonds is 6. The number of methoxy groups -OCH3 is 2. The second-order valence-electron chi connectivity index (χ2n) is 2.93. The van der Waals surface area contributed by atoms with Crippen LogP contribution in [0.5, 0.6) is 11.5 Å². The Hall–Kier alpha value is -1.26. The summed E-state index contributed by atoms with van der Waals surface area (Å²) in [5.41, 5.74) is 3.88. The fraction of sp³-hybridized carbons (Fsp3) is 0.455. The van der Waals surface area contributed by atoms with Crippen molar-refractivity contribution in [2.24, 2.45) is 0 Å². The third-order valence-electron chi connectivity index (χ3n) is 2.00. The van der Waals surface area contributed by atoms with Crippen LogP contribution in [-0.4, -0.2) is 20.8 Å². The Labute approximate surface area is 90.1 Å². The van der Waals surface area contributed by atoms with Gasteiger partial charge in [-0.2, -0.15) is 5.48 Å². The van der Waals surface area contributed by atoms with Crippen LogP contribution in [0.2, 0.25) is 0 Å². The summed E-state index contributed by atoms with van der Waals surface area (Å²) in [5.74, 6) is 1.58. The van der Waals surface area contributed by atoms with Crippen molar-refractivity contribution in [1.29, 1.82) is 0 Å². The van der Waals surface area contributed by atoms with Crippen molar-refractivity contribution in [2.45, 2.75) is 13.5 Å². The molecular weight excluding hydrogens is 194 g/mol. The lowest BCUT2D eigenvalue weighted by atomic mass is 10.2. The molecule has 15 heavy (non-hydrogen) atoms. The molecule has 0 aliphatic carbocycles. The van der Waals surface area contributed by atoms with Crippen LogP contribution in [-0.2, 0) is 11.4 Å². The molecule has 0 aromatic heterocycles. The summed E-state index contributed by atoms with van der Waals surface area (Å²) in [6.07, 6.45) is 0. The van der Waals surface area contributed by atoms with Crippen LogP contribution in [0.3, 0.4) is 0 Å². The highest BCUT2D eigenvalue weighted by Crippen LogP contribution is 2.24. The van der Waals surface area contributed by atoms with Crippen molar-refractivity contribution in [3.05, 3.63) is 23.8 Å². The number of hydrogen-bond donors (Lipinski definition) is 1. The largest absolute Gasteiger partial charge is 0.497 e. The van der Waals surface area contributed by atoms with E-state index in [1.807, 2.05) is 25.1 Å². The first-order valence-corrected chi connectivity index (χ1v) is 4.87. The molecule has 0 heterocycles. The van der Waals surface area contributed by atoms with E-state index in [9.17, 15) is 0 Å². The predicted molar refractivity (Wildman–Crippen MR) is 58.0 cm³/mol. The second-order valence-corrected chi connectivity index (χ2v) is 2.93. The van der Waals surface area contributed by atoms with Gasteiger partial charge in [0.15, 0.2) is 0 Å². The molecule has 0 fully saturated rings. The van der Waals surface area contributed by atoms with E-state index in [1.165, 1.54) is 0 Å². The molecular formula is C11H17NO3. The van der Waals surface area contributed by atoms with Crippen LogP contribution < -0.4 is 15.0 Å². The second kappa shape index (κ2) is 6.27. The monoisotopic (exact) mass is 211 g/mol. The fourth-order valence-electron chi connectivity index (χ4n) is 1.23. The van der Waals surface area contributed by atoms with E-state index in [2.05, 4.69) is 5.48 Å². The normalized spacial score (nSPS) is 10.1. The molecule has 0 radical (unpaired) electrons. The Morgan fingerprint density at radius 2 is 2.00 bits per heavy atom. The molecule has 1 N–H and O–H groups in total. The number of ether oxygens (including phenoxy) is 2. The van der Waals surface area contributed by atoms with Gasteiger partial charge in [-0.15, -0.1) is 0 Å². The van der Waals surface area contributed by atoms with Crippen molar-refractivity contribution in [2.75, 3.05) is 20.8 Å². The fourth-order valence-corrected chi connectivity index (χ4v) is 1.23. The minimum atomic E-state index is 0.612. The lowest BCUT2D eigenvalue weighted by Gasteiger charge is -2.10. The Bertz CT molecular complexity index is 302. The highest BCUT2D eigenvalue weighted by molar-refractivity contribution is 5.40. The van der Waals surface area contributed by atoms with Crippen LogP contribution in [0.4, 0.5) is 0 Å². The topological polar surface area (TPSA) is 39.7 Å². The van der Waals surface area contributed by atoms with Gasteiger partial charge in [0.25, 0.3) is 0 Å². The lowest BCUT2D eigenvalue weighted by Crippen LogP contribution is -2.14. The molecule has 0 saturated heterocycles. The lowest BCUT2D eigenvalue weighted by molar-refractivity contribution is 0.0459. The number of hydrogen-bond acceptors (Lipinski definition) is 4. The maximum Gasteiger partial charge on any atom is 0.127 e. The van der Waals surface area contributed by atoms with Gasteiger partial charge in [-0.3, -0.25) is 0 Å². The van der Waals surface area contributed by atoms with E-state index in [-0.39, 0.29) is 0 Å². The Balaban J connectivity index is 2.69. The molecule has 0 saturated carbocycles. The van der Waals surface area contributed by atoms with Gasteiger partial charge in [-0.05, 0) is 13.0 Å². The zero-order chi connectivity index (χ0) is 11.1. The zero-order valence-electron chi connectivity index (χ0n) is 9.37. The highest BCUT2D eigenvalue weighted by atomic mass is 16.6. The summed E-state index contributed by atoms with van der Waals surface area (Å²) in [7, 11) is 3.27. The van der Waals surface area contributed by atoms with Crippen LogP contribution >= 0.6 is 0 Å². The van der Waals surface area contributed by atoms with Gasteiger partial charge in [0.2, 0.25) is 0 Å². The summed E-state index contributed by atoms with van der Waals surface area (Å²) < 4.78 is 10.3. The molecule has 4 nitrogen and oxygen atoms in total. The van der Waals surface area contributed by atoms with E-state index in [0.29, 0.717) is 13.2 Å². The van der Waals surface area contributed by atoms with Crippen molar-refractivity contribution in [3.8, 4) is 11.5 Å². The molecule has 0 spiro atoms. The number of hydroxylamine groups is 1. The average Bonchev–Trinajstić information content (AvgIpc) is 2.29. The average molecular weight is 211 g/mol. The van der Waals surface area contributed by atoms with Crippen LogP contribution in [0.25, 0.3) is 0 Å². The predicted octanol–water partition coefficient (Wildman–Crippen LogP) is 1.74. The summed E-state index contributed by atoms with van der Waals surface area (Å²) in [6.45, 7) is 3.18. The summed E-state index contributed by atoms with van der Waals surface area (Å²) in [5, 5.41) is 0. The Morgan fingerprint density at radius 1 is 1.20 bits per heavy atom. The van der Waals surface area contributed by atoms with E-state index in [1.54, 1.807) is 14.2 Å². The van der Waals surface area contributed by atoms with Gasteiger partial charge in [0, 0.05) is 18.2 Å². The Kier molecular flexibility index (Phi) is 4.93. The van der Waals surface area contributed by atoms with Crippen LogP contribution in [0, 0.1) is 0 Å². The van der Waals surface area contributed by atoms with Crippen molar-refractivity contribution in [3.63, 3.8) is 0 Å². The van der Waals surface area contributed by atoms with E-state index in [4.69, 9.17) is 14.3 Å². The molecule has 0 aliphatic heterocycles. The van der Waals surface area contributed by atoms with Crippen LogP contribution in [0.15, 0.2) is 18.2 Å². The zero-order valence-corrected chi connectivity index (χ0v) is 9.37. The van der Waals surface area contributed by atoms with E-state index < -0.39 is 0 Å². The number of benzene rings is 1. The van der Waals surface area contributed by atoms with Gasteiger partial charge >= 0.3 is 0 Å². The molecule has 0 bridgehead atoms. The van der Waals surface area contributed by atoms with Gasteiger partial charge in [-0.1, -0.05) is 6.07 Å². The van der Waals surface area contributed by atoms with Gasteiger partial charge in [0.1, 0.15) is 11.5 Å². The van der Waals surface area contributed by atoms with E-state index >= 15 is 0 Å². The minimum absolute atomic E-state index is 0.612. The molecule has 0 unspecified atom stereocenters. The van der Waals surface area contributed by atoms with Crippen molar-refractivity contribution in [1.82, 2.24) is 5.48 Å². The first-order chi connectivity index (χ1) is 7.31. The molecule has 1 rings (SSSR count). The van der Waals surface area contributed by atoms with Gasteiger partial charge in [-0.25, -0.2) is 0 Å². The summed E-state index contributed by atoms with van der Waals surface area (Å²) in [4.78, 5) is 5.06. The molecule has 1 aromatic rings. The van der Waals surface area contributed by atoms with E-state index in [0.717, 1.165) is 17.1 Å². The Morgan fingerprint density at radius 3 is 2.60 bits per heavy atom. The summed E-state index contributed by atoms with van der Waals surface area (Å²) >= 11 is 0. The van der Waals surface area contributed by atoms with Crippen LogP contribution in [0.1, 0.15) is 12.5 Å². The summed E-state index contributed by atoms with van der Waals surface area (Å²) in [6, 6.07) is 5.69. The first kappa shape index (κ1) is 11.8. The molecule has 0 atom stereocenters. The van der Waals surface area contributed by atoms with Crippen molar-refractivity contribution < 1.29 is 14.3 Å². The van der Waals surface area contributed by atoms with Gasteiger partial charge < -0.3 is 14.3 Å². The third-order valence-corrected chi connectivity index (χ3v) is 2.00. The molecule has 0 aliphatic rings. The standard InChI is InChI=1S/C11H17NO3/c1-4-15-12-8-9-5-6-10(13-2)7-11(9)14-3/h5-7,12H,4,8H2,1-3H3. The highest BCUT2D eigenvalue weighted by Gasteiger charge is 2.04. The SMILES string of the molecule is CCONCc1ccc(OC)cc1OC. The number of nitrogens with one attached hydrogen (secondary N) is 1. The maximum atomic E-state index is 5.24. The van der Waals surface area contributed by atoms with Gasteiger partial charge in [0.05, 0.1) is 20.8 Å². The first-order valence-electron chi connectivity index (χ1n) is 4.87. The molecule has 4 heteroatoms. The third kappa shape index (κ3) is 3.42.